The highest BCUT2D eigenvalue weighted by Crippen LogP contribution is 2.38. The second-order valence-corrected chi connectivity index (χ2v) is 4.62. The van der Waals surface area contributed by atoms with Crippen molar-refractivity contribution in [2.45, 2.75) is 20.8 Å². The second kappa shape index (κ2) is 6.22. The Morgan fingerprint density at radius 1 is 0.857 bits per heavy atom. The average molecular weight is 284 g/mol. The lowest BCUT2D eigenvalue weighted by Gasteiger charge is -2.15. The third-order valence-electron chi connectivity index (χ3n) is 2.94. The molecule has 0 saturated heterocycles. The molecule has 0 aliphatic carbocycles. The normalized spacial score (nSPS) is 10.0. The van der Waals surface area contributed by atoms with E-state index in [1.54, 1.807) is 19.1 Å². The highest BCUT2D eigenvalue weighted by Gasteiger charge is 2.16. The Balaban J connectivity index is 2.57. The molecule has 0 heterocycles. The van der Waals surface area contributed by atoms with Gasteiger partial charge in [0.15, 0.2) is 0 Å². The predicted octanol–water partition coefficient (Wildman–Crippen LogP) is 3.51. The molecule has 0 fully saturated rings. The van der Waals surface area contributed by atoms with Gasteiger partial charge in [0.2, 0.25) is 0 Å². The Morgan fingerprint density at radius 3 is 2.05 bits per heavy atom. The second-order valence-electron chi connectivity index (χ2n) is 4.62. The largest absolute Gasteiger partial charge is 0.426 e. The van der Waals surface area contributed by atoms with Crippen LogP contribution in [0.4, 0.5) is 0 Å². The van der Waals surface area contributed by atoms with Crippen LogP contribution >= 0.6 is 0 Å². The van der Waals surface area contributed by atoms with Crippen molar-refractivity contribution in [1.29, 1.82) is 0 Å². The lowest BCUT2D eigenvalue weighted by Crippen LogP contribution is -2.07. The van der Waals surface area contributed by atoms with E-state index < -0.39 is 11.9 Å². The SMILES string of the molecule is CC(=O)Oc1ccc(-c2ccccc2)c(OC(C)=O)c1C. The van der Waals surface area contributed by atoms with E-state index in [0.29, 0.717) is 17.1 Å². The third-order valence-corrected chi connectivity index (χ3v) is 2.94. The van der Waals surface area contributed by atoms with E-state index in [1.165, 1.54) is 13.8 Å². The highest BCUT2D eigenvalue weighted by molar-refractivity contribution is 5.80. The molecule has 21 heavy (non-hydrogen) atoms. The molecule has 2 aromatic carbocycles. The fourth-order valence-electron chi connectivity index (χ4n) is 2.06. The van der Waals surface area contributed by atoms with Crippen molar-refractivity contribution in [3.8, 4) is 22.6 Å². The van der Waals surface area contributed by atoms with Crippen LogP contribution in [-0.2, 0) is 9.59 Å². The monoisotopic (exact) mass is 284 g/mol. The van der Waals surface area contributed by atoms with Gasteiger partial charge in [0.05, 0.1) is 0 Å². The summed E-state index contributed by atoms with van der Waals surface area (Å²) in [4.78, 5) is 22.5. The van der Waals surface area contributed by atoms with Crippen LogP contribution in [0.5, 0.6) is 11.5 Å². The molecule has 0 atom stereocenters. The quantitative estimate of drug-likeness (QED) is 0.639. The van der Waals surface area contributed by atoms with Crippen LogP contribution in [0, 0.1) is 6.92 Å². The van der Waals surface area contributed by atoms with Crippen molar-refractivity contribution in [3.05, 3.63) is 48.0 Å². The summed E-state index contributed by atoms with van der Waals surface area (Å²) in [5.74, 6) is -0.0412. The zero-order valence-electron chi connectivity index (χ0n) is 12.2. The van der Waals surface area contributed by atoms with Gasteiger partial charge >= 0.3 is 11.9 Å². The van der Waals surface area contributed by atoms with Gasteiger partial charge in [0, 0.05) is 25.0 Å². The van der Waals surface area contributed by atoms with Gasteiger partial charge in [-0.05, 0) is 24.6 Å². The van der Waals surface area contributed by atoms with Crippen LogP contribution in [0.2, 0.25) is 0 Å². The molecule has 108 valence electrons. The Labute approximate surface area is 123 Å². The average Bonchev–Trinajstić information content (AvgIpc) is 2.43. The van der Waals surface area contributed by atoms with Crippen molar-refractivity contribution >= 4 is 11.9 Å². The van der Waals surface area contributed by atoms with Crippen LogP contribution < -0.4 is 9.47 Å². The van der Waals surface area contributed by atoms with Gasteiger partial charge in [-0.3, -0.25) is 9.59 Å². The number of carbonyl (C=O) groups is 2. The van der Waals surface area contributed by atoms with E-state index in [0.717, 1.165) is 11.1 Å². The van der Waals surface area contributed by atoms with Gasteiger partial charge in [0.25, 0.3) is 0 Å². The summed E-state index contributed by atoms with van der Waals surface area (Å²) in [6.45, 7) is 4.42. The fourth-order valence-corrected chi connectivity index (χ4v) is 2.06. The van der Waals surface area contributed by atoms with Gasteiger partial charge in [0.1, 0.15) is 11.5 Å². The van der Waals surface area contributed by atoms with Gasteiger partial charge in [-0.15, -0.1) is 0 Å². The number of esters is 2. The molecule has 0 aliphatic rings. The minimum absolute atomic E-state index is 0.387. The highest BCUT2D eigenvalue weighted by atomic mass is 16.5. The van der Waals surface area contributed by atoms with Gasteiger partial charge in [-0.1, -0.05) is 30.3 Å². The molecular weight excluding hydrogens is 268 g/mol. The van der Waals surface area contributed by atoms with E-state index in [1.807, 2.05) is 30.3 Å². The lowest BCUT2D eigenvalue weighted by molar-refractivity contribution is -0.132. The Hall–Kier alpha value is -2.62. The number of hydrogen-bond donors (Lipinski definition) is 0. The summed E-state index contributed by atoms with van der Waals surface area (Å²) in [5.41, 5.74) is 2.31. The van der Waals surface area contributed by atoms with Crippen molar-refractivity contribution in [1.82, 2.24) is 0 Å². The van der Waals surface area contributed by atoms with Crippen LogP contribution in [0.15, 0.2) is 42.5 Å². The smallest absolute Gasteiger partial charge is 0.308 e. The summed E-state index contributed by atoms with van der Waals surface area (Å²) in [6, 6.07) is 13.0. The van der Waals surface area contributed by atoms with Gasteiger partial charge in [-0.25, -0.2) is 0 Å². The first-order valence-electron chi connectivity index (χ1n) is 6.55. The van der Waals surface area contributed by atoms with Crippen molar-refractivity contribution in [3.63, 3.8) is 0 Å². The van der Waals surface area contributed by atoms with Crippen molar-refractivity contribution in [2.75, 3.05) is 0 Å². The standard InChI is InChI=1S/C17H16O4/c1-11-16(20-12(2)18)10-9-15(17(11)21-13(3)19)14-7-5-4-6-8-14/h4-10H,1-3H3. The topological polar surface area (TPSA) is 52.6 Å². The molecule has 4 heteroatoms. The first kappa shape index (κ1) is 14.8. The molecule has 0 aromatic heterocycles. The van der Waals surface area contributed by atoms with Gasteiger partial charge < -0.3 is 9.47 Å². The zero-order valence-corrected chi connectivity index (χ0v) is 12.2. The summed E-state index contributed by atoms with van der Waals surface area (Å²) in [7, 11) is 0. The van der Waals surface area contributed by atoms with Gasteiger partial charge in [-0.2, -0.15) is 0 Å². The van der Waals surface area contributed by atoms with E-state index in [-0.39, 0.29) is 0 Å². The molecule has 0 radical (unpaired) electrons. The van der Waals surface area contributed by atoms with E-state index in [2.05, 4.69) is 0 Å². The van der Waals surface area contributed by atoms with Crippen LogP contribution in [0.25, 0.3) is 11.1 Å². The molecule has 4 nitrogen and oxygen atoms in total. The predicted molar refractivity (Wildman–Crippen MR) is 79.2 cm³/mol. The maximum absolute atomic E-state index is 11.4. The fraction of sp³-hybridized carbons (Fsp3) is 0.176. The van der Waals surface area contributed by atoms with Crippen LogP contribution in [-0.4, -0.2) is 11.9 Å². The Kier molecular flexibility index (Phi) is 4.38. The van der Waals surface area contributed by atoms with Crippen molar-refractivity contribution in [2.24, 2.45) is 0 Å². The molecular formula is C17H16O4. The van der Waals surface area contributed by atoms with Crippen LogP contribution in [0.3, 0.4) is 0 Å². The number of carbonyl (C=O) groups excluding carboxylic acids is 2. The maximum Gasteiger partial charge on any atom is 0.308 e. The molecule has 2 aromatic rings. The molecule has 0 aliphatic heterocycles. The maximum atomic E-state index is 11.4. The zero-order chi connectivity index (χ0) is 15.4. The number of benzene rings is 2. The number of hydrogen-bond acceptors (Lipinski definition) is 4. The molecule has 2 rings (SSSR count). The molecule has 0 bridgehead atoms. The molecule has 0 spiro atoms. The Morgan fingerprint density at radius 2 is 1.48 bits per heavy atom. The molecule has 0 saturated carbocycles. The Bertz CT molecular complexity index is 675. The van der Waals surface area contributed by atoms with Crippen molar-refractivity contribution < 1.29 is 19.1 Å². The molecule has 0 N–H and O–H groups in total. The first-order valence-corrected chi connectivity index (χ1v) is 6.55. The van der Waals surface area contributed by atoms with Crippen LogP contribution in [0.1, 0.15) is 19.4 Å². The summed E-state index contributed by atoms with van der Waals surface area (Å²) < 4.78 is 10.5. The number of rotatable bonds is 3. The minimum atomic E-state index is -0.421. The number of ether oxygens (including phenoxy) is 2. The summed E-state index contributed by atoms with van der Waals surface area (Å²) in [6.07, 6.45) is 0. The third kappa shape index (κ3) is 3.48. The van der Waals surface area contributed by atoms with E-state index in [4.69, 9.17) is 9.47 Å². The molecule has 0 unspecified atom stereocenters. The lowest BCUT2D eigenvalue weighted by atomic mass is 10.0. The minimum Gasteiger partial charge on any atom is -0.426 e. The first-order chi connectivity index (χ1) is 9.99. The summed E-state index contributed by atoms with van der Waals surface area (Å²) >= 11 is 0. The van der Waals surface area contributed by atoms with E-state index >= 15 is 0 Å². The summed E-state index contributed by atoms with van der Waals surface area (Å²) in [5, 5.41) is 0. The van der Waals surface area contributed by atoms with E-state index in [9.17, 15) is 9.59 Å². The molecule has 0 amide bonds.